The predicted molar refractivity (Wildman–Crippen MR) is 40.5 cm³/mol. The molecular formula is C5H8N2O6. The highest BCUT2D eigenvalue weighted by molar-refractivity contribution is 5.94. The lowest BCUT2D eigenvalue weighted by atomic mass is 10.4. The van der Waals surface area contributed by atoms with Crippen molar-refractivity contribution in [1.29, 1.82) is 5.41 Å². The molecule has 0 amide bonds. The summed E-state index contributed by atoms with van der Waals surface area (Å²) in [4.78, 5) is 19.4. The summed E-state index contributed by atoms with van der Waals surface area (Å²) in [7, 11) is 0. The Kier molecular flexibility index (Phi) is 6.63. The van der Waals surface area contributed by atoms with Crippen LogP contribution in [0, 0.1) is 5.41 Å². The van der Waals surface area contributed by atoms with Gasteiger partial charge in [-0.2, -0.15) is 0 Å². The molecule has 0 spiro atoms. The Morgan fingerprint density at radius 3 is 1.23 bits per heavy atom. The van der Waals surface area contributed by atoms with Crippen molar-refractivity contribution in [1.82, 2.24) is 0 Å². The first-order chi connectivity index (χ1) is 5.88. The number of rotatable bonds is 2. The highest BCUT2D eigenvalue weighted by Gasteiger charge is 2.17. The maximum absolute atomic E-state index is 9.71. The van der Waals surface area contributed by atoms with Gasteiger partial charge in [0, 0.05) is 0 Å². The van der Waals surface area contributed by atoms with Gasteiger partial charge in [-0.15, -0.1) is 0 Å². The molecule has 0 rings (SSSR count). The molecule has 0 aliphatic carbocycles. The number of aliphatic carboxylic acids is 2. The standard InChI is InChI=1S/C4H4O6.CH4N2/c5-1(3(7)8)2(6)4(9)10;2-1-3/h5-6H,(H,7,8)(H,9,10);1H,(H3,2,3)/b2-1-;. The van der Waals surface area contributed by atoms with Gasteiger partial charge in [0.05, 0.1) is 6.34 Å². The smallest absolute Gasteiger partial charge is 0.375 e. The molecule has 0 saturated carbocycles. The second-order valence-corrected chi connectivity index (χ2v) is 1.47. The average molecular weight is 192 g/mol. The van der Waals surface area contributed by atoms with Crippen LogP contribution in [0.3, 0.4) is 0 Å². The monoisotopic (exact) mass is 192 g/mol. The molecule has 0 radical (unpaired) electrons. The van der Waals surface area contributed by atoms with Crippen LogP contribution in [-0.4, -0.2) is 38.7 Å². The number of carboxylic acid groups (broad SMARTS) is 2. The topological polar surface area (TPSA) is 165 Å². The van der Waals surface area contributed by atoms with Gasteiger partial charge in [-0.1, -0.05) is 0 Å². The minimum absolute atomic E-state index is 0.750. The first-order valence-corrected chi connectivity index (χ1v) is 2.67. The van der Waals surface area contributed by atoms with E-state index in [-0.39, 0.29) is 0 Å². The van der Waals surface area contributed by atoms with Gasteiger partial charge in [0.15, 0.2) is 0 Å². The quantitative estimate of drug-likeness (QED) is 0.142. The Bertz CT molecular complexity index is 223. The van der Waals surface area contributed by atoms with Crippen molar-refractivity contribution in [2.75, 3.05) is 0 Å². The van der Waals surface area contributed by atoms with E-state index in [4.69, 9.17) is 25.8 Å². The molecule has 0 fully saturated rings. The molecule has 0 heterocycles. The molecule has 0 bridgehead atoms. The molecule has 0 aromatic heterocycles. The molecule has 0 atom stereocenters. The summed E-state index contributed by atoms with van der Waals surface area (Å²) < 4.78 is 0. The van der Waals surface area contributed by atoms with Crippen LogP contribution in [0.15, 0.2) is 11.5 Å². The molecule has 8 heteroatoms. The third kappa shape index (κ3) is 6.16. The van der Waals surface area contributed by atoms with Gasteiger partial charge in [-0.3, -0.25) is 5.41 Å². The van der Waals surface area contributed by atoms with Gasteiger partial charge < -0.3 is 26.2 Å². The lowest BCUT2D eigenvalue weighted by Gasteiger charge is -1.92. The minimum Gasteiger partial charge on any atom is -0.499 e. The molecule has 0 saturated heterocycles. The van der Waals surface area contributed by atoms with Gasteiger partial charge in [0.25, 0.3) is 11.5 Å². The van der Waals surface area contributed by atoms with Gasteiger partial charge in [0.2, 0.25) is 0 Å². The third-order valence-corrected chi connectivity index (χ3v) is 0.629. The number of carbonyl (C=O) groups is 2. The Hall–Kier alpha value is -2.25. The van der Waals surface area contributed by atoms with E-state index in [0.717, 1.165) is 6.34 Å². The lowest BCUT2D eigenvalue weighted by Crippen LogP contribution is -2.10. The second kappa shape index (κ2) is 6.46. The maximum atomic E-state index is 9.71. The summed E-state index contributed by atoms with van der Waals surface area (Å²) in [5, 5.41) is 38.0. The number of hydrogen-bond donors (Lipinski definition) is 6. The van der Waals surface area contributed by atoms with E-state index >= 15 is 0 Å². The Labute approximate surface area is 72.0 Å². The van der Waals surface area contributed by atoms with Gasteiger partial charge in [-0.05, 0) is 0 Å². The van der Waals surface area contributed by atoms with E-state index in [1.165, 1.54) is 0 Å². The number of aliphatic hydroxyl groups excluding tert-OH is 2. The lowest BCUT2D eigenvalue weighted by molar-refractivity contribution is -0.140. The maximum Gasteiger partial charge on any atom is 0.375 e. The van der Waals surface area contributed by atoms with Crippen molar-refractivity contribution >= 4 is 18.3 Å². The van der Waals surface area contributed by atoms with Gasteiger partial charge in [-0.25, -0.2) is 9.59 Å². The number of nitrogens with one attached hydrogen (secondary N) is 1. The van der Waals surface area contributed by atoms with Crippen LogP contribution in [0.4, 0.5) is 0 Å². The molecular weight excluding hydrogens is 184 g/mol. The van der Waals surface area contributed by atoms with Crippen molar-refractivity contribution in [3.8, 4) is 0 Å². The molecule has 0 aliphatic rings. The van der Waals surface area contributed by atoms with Gasteiger partial charge in [0.1, 0.15) is 0 Å². The zero-order chi connectivity index (χ0) is 11.0. The van der Waals surface area contributed by atoms with Crippen LogP contribution in [0.1, 0.15) is 0 Å². The summed E-state index contributed by atoms with van der Waals surface area (Å²) in [5.74, 6) is -6.93. The predicted octanol–water partition coefficient (Wildman–Crippen LogP) is -0.965. The Morgan fingerprint density at radius 2 is 1.15 bits per heavy atom. The zero-order valence-electron chi connectivity index (χ0n) is 6.26. The molecule has 7 N–H and O–H groups in total. The number of nitrogens with two attached hydrogens (primary N) is 1. The van der Waals surface area contributed by atoms with Crippen molar-refractivity contribution < 1.29 is 30.0 Å². The van der Waals surface area contributed by atoms with E-state index < -0.39 is 23.5 Å². The van der Waals surface area contributed by atoms with E-state index in [0.29, 0.717) is 0 Å². The highest BCUT2D eigenvalue weighted by Crippen LogP contribution is 1.96. The van der Waals surface area contributed by atoms with Crippen LogP contribution >= 0.6 is 0 Å². The van der Waals surface area contributed by atoms with Gasteiger partial charge >= 0.3 is 11.9 Å². The van der Waals surface area contributed by atoms with Crippen molar-refractivity contribution in [2.45, 2.75) is 0 Å². The van der Waals surface area contributed by atoms with Crippen molar-refractivity contribution in [3.05, 3.63) is 11.5 Å². The Balaban J connectivity index is 0. The number of carboxylic acids is 2. The van der Waals surface area contributed by atoms with Crippen LogP contribution in [0.2, 0.25) is 0 Å². The van der Waals surface area contributed by atoms with E-state index in [2.05, 4.69) is 5.73 Å². The summed E-state index contributed by atoms with van der Waals surface area (Å²) in [6.45, 7) is 0. The average Bonchev–Trinajstić information content (AvgIpc) is 2.03. The molecule has 0 aromatic rings. The molecule has 74 valence electrons. The van der Waals surface area contributed by atoms with Crippen LogP contribution < -0.4 is 5.73 Å². The normalized spacial score (nSPS) is 10.2. The van der Waals surface area contributed by atoms with Crippen molar-refractivity contribution in [2.24, 2.45) is 5.73 Å². The summed E-state index contributed by atoms with van der Waals surface area (Å²) in [6, 6.07) is 0. The van der Waals surface area contributed by atoms with E-state index in [9.17, 15) is 9.59 Å². The van der Waals surface area contributed by atoms with Crippen molar-refractivity contribution in [3.63, 3.8) is 0 Å². The summed E-state index contributed by atoms with van der Waals surface area (Å²) in [5.41, 5.74) is 4.39. The third-order valence-electron chi connectivity index (χ3n) is 0.629. The van der Waals surface area contributed by atoms with Crippen LogP contribution in [0.25, 0.3) is 0 Å². The molecule has 13 heavy (non-hydrogen) atoms. The summed E-state index contributed by atoms with van der Waals surface area (Å²) >= 11 is 0. The zero-order valence-corrected chi connectivity index (χ0v) is 6.26. The van der Waals surface area contributed by atoms with Crippen LogP contribution in [-0.2, 0) is 9.59 Å². The first-order valence-electron chi connectivity index (χ1n) is 2.67. The molecule has 0 unspecified atom stereocenters. The molecule has 0 aliphatic heterocycles. The number of aliphatic hydroxyl groups is 2. The number of hydrogen-bond acceptors (Lipinski definition) is 5. The fourth-order valence-electron chi connectivity index (χ4n) is 0.203. The largest absolute Gasteiger partial charge is 0.499 e. The first kappa shape index (κ1) is 13.3. The fourth-order valence-corrected chi connectivity index (χ4v) is 0.203. The molecule has 0 aromatic carbocycles. The Morgan fingerprint density at radius 1 is 1.00 bits per heavy atom. The second-order valence-electron chi connectivity index (χ2n) is 1.47. The summed E-state index contributed by atoms with van der Waals surface area (Å²) in [6.07, 6.45) is 0.750. The van der Waals surface area contributed by atoms with E-state index in [1.807, 2.05) is 0 Å². The minimum atomic E-state index is -1.89. The SMILES string of the molecule is N=CN.O=C(O)/C(O)=C(/O)C(=O)O. The molecule has 8 nitrogen and oxygen atoms in total. The van der Waals surface area contributed by atoms with Crippen LogP contribution in [0.5, 0.6) is 0 Å². The highest BCUT2D eigenvalue weighted by atomic mass is 16.4. The fraction of sp³-hybridized carbons (Fsp3) is 0. The van der Waals surface area contributed by atoms with E-state index in [1.54, 1.807) is 0 Å².